The molecule has 1 aromatic carbocycles. The number of ether oxygens (including phenoxy) is 1. The van der Waals surface area contributed by atoms with Crippen LogP contribution in [-0.4, -0.2) is 47.4 Å². The van der Waals surface area contributed by atoms with E-state index in [1.54, 1.807) is 30.9 Å². The van der Waals surface area contributed by atoms with Crippen molar-refractivity contribution in [3.05, 3.63) is 69.8 Å². The van der Waals surface area contributed by atoms with Crippen molar-refractivity contribution in [1.29, 1.82) is 0 Å². The van der Waals surface area contributed by atoms with Crippen LogP contribution in [0.2, 0.25) is 0 Å². The zero-order chi connectivity index (χ0) is 26.7. The van der Waals surface area contributed by atoms with Gasteiger partial charge in [0.05, 0.1) is 28.1 Å². The number of thiophene rings is 1. The summed E-state index contributed by atoms with van der Waals surface area (Å²) in [6, 6.07) is 12.6. The number of carbonyl (C=O) groups is 3. The van der Waals surface area contributed by atoms with E-state index in [0.717, 1.165) is 17.1 Å². The summed E-state index contributed by atoms with van der Waals surface area (Å²) < 4.78 is 11.0. The summed E-state index contributed by atoms with van der Waals surface area (Å²) in [6.45, 7) is 10.3. The normalized spacial score (nSPS) is 10.9. The highest BCUT2D eigenvalue weighted by atomic mass is 32.1. The molecule has 0 saturated heterocycles. The van der Waals surface area contributed by atoms with E-state index < -0.39 is 11.9 Å². The maximum absolute atomic E-state index is 13.7. The molecule has 37 heavy (non-hydrogen) atoms. The number of hydrogen-bond donors (Lipinski definition) is 1. The number of hydrogen-bond acceptors (Lipinski definition) is 7. The SMILES string of the molecule is CCOC(=O)c1c(NC(=O)c2cc(-c3ccc(C)o3)nc3ccccc23)sc(C(=O)N(CC)CC)c1C. The van der Waals surface area contributed by atoms with Gasteiger partial charge in [-0.3, -0.25) is 9.59 Å². The largest absolute Gasteiger partial charge is 0.462 e. The Morgan fingerprint density at radius 3 is 2.43 bits per heavy atom. The lowest BCUT2D eigenvalue weighted by molar-refractivity contribution is 0.0527. The van der Waals surface area contributed by atoms with Gasteiger partial charge in [-0.25, -0.2) is 9.78 Å². The standard InChI is InChI=1S/C28H29N3O5S/c1-6-31(7-2)27(33)24-17(5)23(28(34)35-8-3)26(37-24)30-25(32)19-15-21(22-14-13-16(4)36-22)29-20-12-10-9-11-18(19)20/h9-15H,6-8H2,1-5H3,(H,30,32). The molecular weight excluding hydrogens is 490 g/mol. The lowest BCUT2D eigenvalue weighted by atomic mass is 10.1. The molecule has 0 radical (unpaired) electrons. The Bertz CT molecular complexity index is 1480. The number of fused-ring (bicyclic) bond motifs is 1. The van der Waals surface area contributed by atoms with E-state index in [1.807, 2.05) is 51.1 Å². The van der Waals surface area contributed by atoms with Crippen LogP contribution in [0.3, 0.4) is 0 Å². The molecule has 4 rings (SSSR count). The third kappa shape index (κ3) is 5.13. The quantitative estimate of drug-likeness (QED) is 0.283. The maximum atomic E-state index is 13.7. The highest BCUT2D eigenvalue weighted by molar-refractivity contribution is 7.18. The number of pyridine rings is 1. The number of anilines is 1. The second-order valence-electron chi connectivity index (χ2n) is 8.39. The first-order valence-electron chi connectivity index (χ1n) is 12.2. The van der Waals surface area contributed by atoms with Crippen LogP contribution in [-0.2, 0) is 4.74 Å². The van der Waals surface area contributed by atoms with Gasteiger partial charge in [-0.15, -0.1) is 11.3 Å². The summed E-state index contributed by atoms with van der Waals surface area (Å²) in [4.78, 5) is 46.5. The summed E-state index contributed by atoms with van der Waals surface area (Å²) in [5.74, 6) is 0.0646. The number of benzene rings is 1. The van der Waals surface area contributed by atoms with Gasteiger partial charge in [0.2, 0.25) is 0 Å². The average Bonchev–Trinajstić information content (AvgIpc) is 3.46. The van der Waals surface area contributed by atoms with Gasteiger partial charge in [0.15, 0.2) is 5.76 Å². The second-order valence-corrected chi connectivity index (χ2v) is 9.42. The number of esters is 1. The lowest BCUT2D eigenvalue weighted by Crippen LogP contribution is -2.30. The summed E-state index contributed by atoms with van der Waals surface area (Å²) in [5, 5.41) is 3.80. The number of carbonyl (C=O) groups excluding carboxylic acids is 3. The van der Waals surface area contributed by atoms with Crippen molar-refractivity contribution < 1.29 is 23.5 Å². The van der Waals surface area contributed by atoms with Crippen molar-refractivity contribution in [3.8, 4) is 11.5 Å². The minimum atomic E-state index is -0.587. The summed E-state index contributed by atoms with van der Waals surface area (Å²) in [6.07, 6.45) is 0. The van der Waals surface area contributed by atoms with Crippen LogP contribution in [0.1, 0.15) is 62.5 Å². The van der Waals surface area contributed by atoms with Crippen LogP contribution in [0.4, 0.5) is 5.00 Å². The zero-order valence-electron chi connectivity index (χ0n) is 21.5. The summed E-state index contributed by atoms with van der Waals surface area (Å²) >= 11 is 1.08. The molecule has 0 fully saturated rings. The fraction of sp³-hybridized carbons (Fsp3) is 0.286. The van der Waals surface area contributed by atoms with Crippen LogP contribution in [0.25, 0.3) is 22.4 Å². The first kappa shape index (κ1) is 26.1. The van der Waals surface area contributed by atoms with Gasteiger partial charge in [-0.1, -0.05) is 18.2 Å². The van der Waals surface area contributed by atoms with Crippen molar-refractivity contribution in [2.75, 3.05) is 25.0 Å². The number of furan rings is 1. The predicted octanol–water partition coefficient (Wildman–Crippen LogP) is 6.08. The van der Waals surface area contributed by atoms with Crippen molar-refractivity contribution in [2.24, 2.45) is 0 Å². The van der Waals surface area contributed by atoms with Crippen molar-refractivity contribution >= 4 is 45.0 Å². The Morgan fingerprint density at radius 1 is 1.05 bits per heavy atom. The topological polar surface area (TPSA) is 102 Å². The summed E-state index contributed by atoms with van der Waals surface area (Å²) in [7, 11) is 0. The zero-order valence-corrected chi connectivity index (χ0v) is 22.3. The average molecular weight is 520 g/mol. The van der Waals surface area contributed by atoms with E-state index in [9.17, 15) is 14.4 Å². The molecule has 0 aliphatic carbocycles. The van der Waals surface area contributed by atoms with E-state index in [4.69, 9.17) is 9.15 Å². The molecule has 3 aromatic heterocycles. The van der Waals surface area contributed by atoms with Crippen molar-refractivity contribution in [1.82, 2.24) is 9.88 Å². The van der Waals surface area contributed by atoms with E-state index in [2.05, 4.69) is 10.3 Å². The van der Waals surface area contributed by atoms with E-state index >= 15 is 0 Å². The molecule has 3 heterocycles. The van der Waals surface area contributed by atoms with Crippen molar-refractivity contribution in [3.63, 3.8) is 0 Å². The van der Waals surface area contributed by atoms with Crippen LogP contribution in [0, 0.1) is 13.8 Å². The molecule has 2 amide bonds. The molecule has 8 nitrogen and oxygen atoms in total. The molecule has 192 valence electrons. The third-order valence-electron chi connectivity index (χ3n) is 6.05. The molecule has 0 atom stereocenters. The van der Waals surface area contributed by atoms with Crippen LogP contribution in [0.15, 0.2) is 46.9 Å². The van der Waals surface area contributed by atoms with Gasteiger partial charge in [0.25, 0.3) is 11.8 Å². The number of aryl methyl sites for hydroxylation is 1. The van der Waals surface area contributed by atoms with Gasteiger partial charge in [0.1, 0.15) is 16.5 Å². The molecule has 4 aromatic rings. The Balaban J connectivity index is 1.80. The number of para-hydroxylation sites is 1. The molecule has 0 saturated carbocycles. The molecule has 0 aliphatic heterocycles. The lowest BCUT2D eigenvalue weighted by Gasteiger charge is -2.18. The third-order valence-corrected chi connectivity index (χ3v) is 7.25. The molecule has 0 bridgehead atoms. The smallest absolute Gasteiger partial charge is 0.341 e. The fourth-order valence-corrected chi connectivity index (χ4v) is 5.30. The molecular formula is C28H29N3O5S. The van der Waals surface area contributed by atoms with Gasteiger partial charge < -0.3 is 19.4 Å². The predicted molar refractivity (Wildman–Crippen MR) is 144 cm³/mol. The number of amides is 2. The minimum absolute atomic E-state index is 0.168. The Morgan fingerprint density at radius 2 is 1.78 bits per heavy atom. The molecule has 0 spiro atoms. The monoisotopic (exact) mass is 519 g/mol. The molecule has 9 heteroatoms. The van der Waals surface area contributed by atoms with E-state index in [-0.39, 0.29) is 23.1 Å². The van der Waals surface area contributed by atoms with E-state index in [1.165, 1.54) is 0 Å². The minimum Gasteiger partial charge on any atom is -0.462 e. The van der Waals surface area contributed by atoms with Crippen LogP contribution >= 0.6 is 11.3 Å². The Labute approximate surface area is 219 Å². The number of nitrogens with one attached hydrogen (secondary N) is 1. The Hall–Kier alpha value is -3.98. The highest BCUT2D eigenvalue weighted by Crippen LogP contribution is 2.36. The Kier molecular flexibility index (Phi) is 7.73. The maximum Gasteiger partial charge on any atom is 0.341 e. The van der Waals surface area contributed by atoms with Gasteiger partial charge in [0, 0.05) is 18.5 Å². The number of aromatic nitrogens is 1. The van der Waals surface area contributed by atoms with Gasteiger partial charge in [-0.2, -0.15) is 0 Å². The van der Waals surface area contributed by atoms with Crippen LogP contribution < -0.4 is 5.32 Å². The fourth-order valence-electron chi connectivity index (χ4n) is 4.14. The number of rotatable bonds is 8. The van der Waals surface area contributed by atoms with Gasteiger partial charge in [-0.05, 0) is 64.4 Å². The number of nitrogens with zero attached hydrogens (tertiary/aromatic N) is 2. The summed E-state index contributed by atoms with van der Waals surface area (Å²) in [5.41, 5.74) is 2.19. The molecule has 0 unspecified atom stereocenters. The molecule has 0 aliphatic rings. The van der Waals surface area contributed by atoms with Gasteiger partial charge >= 0.3 is 5.97 Å². The van der Waals surface area contributed by atoms with Crippen molar-refractivity contribution in [2.45, 2.75) is 34.6 Å². The highest BCUT2D eigenvalue weighted by Gasteiger charge is 2.29. The first-order chi connectivity index (χ1) is 17.8. The van der Waals surface area contributed by atoms with E-state index in [0.29, 0.717) is 51.5 Å². The first-order valence-corrected chi connectivity index (χ1v) is 13.0. The second kappa shape index (κ2) is 11.0. The molecule has 1 N–H and O–H groups in total. The van der Waals surface area contributed by atoms with Crippen LogP contribution in [0.5, 0.6) is 0 Å².